The van der Waals surface area contributed by atoms with Gasteiger partial charge in [-0.25, -0.2) is 13.2 Å². The summed E-state index contributed by atoms with van der Waals surface area (Å²) in [7, 11) is 0. The minimum atomic E-state index is -0.696. The fourth-order valence-corrected chi connectivity index (χ4v) is 6.35. The van der Waals surface area contributed by atoms with Crippen molar-refractivity contribution in [1.82, 2.24) is 0 Å². The van der Waals surface area contributed by atoms with Crippen molar-refractivity contribution in [2.45, 2.75) is 95.5 Å². The zero-order chi connectivity index (χ0) is 27.8. The van der Waals surface area contributed by atoms with Crippen LogP contribution < -0.4 is 9.47 Å². The van der Waals surface area contributed by atoms with Crippen LogP contribution in [0.1, 0.15) is 101 Å². The lowest BCUT2D eigenvalue weighted by Gasteiger charge is -2.32. The number of rotatable bonds is 12. The van der Waals surface area contributed by atoms with Gasteiger partial charge in [0.1, 0.15) is 5.75 Å². The Hall–Kier alpha value is -2.47. The van der Waals surface area contributed by atoms with Gasteiger partial charge in [-0.3, -0.25) is 0 Å². The molecule has 2 aromatic rings. The number of hydrogen-bond donors (Lipinski definition) is 1. The van der Waals surface area contributed by atoms with Crippen molar-refractivity contribution in [3.63, 3.8) is 0 Å². The minimum absolute atomic E-state index is 0.0136. The first kappa shape index (κ1) is 29.5. The van der Waals surface area contributed by atoms with Crippen molar-refractivity contribution in [3.05, 3.63) is 71.6 Å². The van der Waals surface area contributed by atoms with Gasteiger partial charge in [0.15, 0.2) is 23.2 Å². The lowest BCUT2D eigenvalue weighted by Crippen LogP contribution is -2.25. The maximum atomic E-state index is 15.3. The van der Waals surface area contributed by atoms with Crippen LogP contribution in [-0.4, -0.2) is 24.4 Å². The number of aliphatic hydroxyl groups excluding tert-OH is 1. The highest BCUT2D eigenvalue weighted by atomic mass is 19.2. The van der Waals surface area contributed by atoms with E-state index in [4.69, 9.17) is 9.47 Å². The van der Waals surface area contributed by atoms with Gasteiger partial charge in [-0.15, -0.1) is 6.58 Å². The number of hydrogen-bond acceptors (Lipinski definition) is 3. The van der Waals surface area contributed by atoms with Crippen LogP contribution in [0.3, 0.4) is 0 Å². The quantitative estimate of drug-likeness (QED) is 0.214. The highest BCUT2D eigenvalue weighted by Crippen LogP contribution is 2.42. The van der Waals surface area contributed by atoms with Gasteiger partial charge in [-0.1, -0.05) is 31.6 Å². The van der Waals surface area contributed by atoms with Crippen LogP contribution in [-0.2, 0) is 0 Å². The molecule has 214 valence electrons. The average Bonchev–Trinajstić information content (AvgIpc) is 2.95. The largest absolute Gasteiger partial charge is 0.493 e. The van der Waals surface area contributed by atoms with E-state index in [1.807, 2.05) is 0 Å². The average molecular weight is 545 g/mol. The third-order valence-corrected chi connectivity index (χ3v) is 8.74. The van der Waals surface area contributed by atoms with Gasteiger partial charge in [0.05, 0.1) is 19.3 Å². The predicted octanol–water partition coefficient (Wildman–Crippen LogP) is 8.85. The van der Waals surface area contributed by atoms with Crippen LogP contribution in [0, 0.1) is 29.3 Å². The second-order valence-electron chi connectivity index (χ2n) is 11.4. The summed E-state index contributed by atoms with van der Waals surface area (Å²) in [6.45, 7) is 6.55. The van der Waals surface area contributed by atoms with Crippen molar-refractivity contribution >= 4 is 0 Å². The monoisotopic (exact) mass is 544 g/mol. The summed E-state index contributed by atoms with van der Waals surface area (Å²) in [4.78, 5) is 0. The summed E-state index contributed by atoms with van der Waals surface area (Å²) in [5.74, 6) is -0.678. The topological polar surface area (TPSA) is 38.7 Å². The smallest absolute Gasteiger partial charge is 0.168 e. The molecule has 0 aromatic heterocycles. The summed E-state index contributed by atoms with van der Waals surface area (Å²) in [5, 5.41) is 10.3. The van der Waals surface area contributed by atoms with E-state index in [0.717, 1.165) is 64.2 Å². The van der Waals surface area contributed by atoms with Crippen molar-refractivity contribution in [2.75, 3.05) is 13.2 Å². The molecule has 4 rings (SSSR count). The van der Waals surface area contributed by atoms with E-state index in [2.05, 4.69) is 13.5 Å². The molecule has 1 atom stereocenters. The van der Waals surface area contributed by atoms with Crippen LogP contribution in [0.2, 0.25) is 0 Å². The van der Waals surface area contributed by atoms with Crippen LogP contribution >= 0.6 is 0 Å². The van der Waals surface area contributed by atoms with Crippen LogP contribution in [0.15, 0.2) is 43.0 Å². The van der Waals surface area contributed by atoms with Crippen LogP contribution in [0.25, 0.3) is 0 Å². The Bertz CT molecular complexity index is 1070. The van der Waals surface area contributed by atoms with Crippen LogP contribution in [0.4, 0.5) is 13.2 Å². The Labute approximate surface area is 231 Å². The zero-order valence-electron chi connectivity index (χ0n) is 23.1. The fraction of sp³-hybridized carbons (Fsp3) is 0.576. The predicted molar refractivity (Wildman–Crippen MR) is 149 cm³/mol. The fourth-order valence-electron chi connectivity index (χ4n) is 6.35. The van der Waals surface area contributed by atoms with Gasteiger partial charge in [0.2, 0.25) is 0 Å². The van der Waals surface area contributed by atoms with E-state index in [9.17, 15) is 9.50 Å². The van der Waals surface area contributed by atoms with Crippen LogP contribution in [0.5, 0.6) is 11.5 Å². The van der Waals surface area contributed by atoms with E-state index in [1.165, 1.54) is 6.07 Å². The van der Waals surface area contributed by atoms with Gasteiger partial charge in [-0.05, 0) is 111 Å². The van der Waals surface area contributed by atoms with Crippen molar-refractivity contribution < 1.29 is 27.8 Å². The first-order chi connectivity index (χ1) is 18.9. The highest BCUT2D eigenvalue weighted by Gasteiger charge is 2.31. The maximum absolute atomic E-state index is 15.3. The molecule has 1 N–H and O–H groups in total. The molecular formula is C33H43F3O3. The molecule has 0 saturated heterocycles. The summed E-state index contributed by atoms with van der Waals surface area (Å²) < 4.78 is 56.1. The minimum Gasteiger partial charge on any atom is -0.493 e. The lowest BCUT2D eigenvalue weighted by atomic mass is 9.75. The molecule has 6 heteroatoms. The molecule has 3 nitrogen and oxygen atoms in total. The molecule has 0 aliphatic heterocycles. The Morgan fingerprint density at radius 1 is 0.897 bits per heavy atom. The van der Waals surface area contributed by atoms with Gasteiger partial charge in [-0.2, -0.15) is 0 Å². The van der Waals surface area contributed by atoms with E-state index in [1.54, 1.807) is 30.3 Å². The normalized spacial score (nSPS) is 24.2. The molecule has 2 fully saturated rings. The van der Waals surface area contributed by atoms with Gasteiger partial charge in [0, 0.05) is 6.07 Å². The molecule has 2 saturated carbocycles. The summed E-state index contributed by atoms with van der Waals surface area (Å²) in [6, 6.07) is 8.20. The molecule has 1 unspecified atom stereocenters. The van der Waals surface area contributed by atoms with E-state index >= 15 is 8.78 Å². The Morgan fingerprint density at radius 3 is 2.08 bits per heavy atom. The summed E-state index contributed by atoms with van der Waals surface area (Å²) >= 11 is 0. The molecule has 2 aliphatic carbocycles. The first-order valence-electron chi connectivity index (χ1n) is 14.7. The Kier molecular flexibility index (Phi) is 10.8. The van der Waals surface area contributed by atoms with E-state index in [0.29, 0.717) is 36.5 Å². The lowest BCUT2D eigenvalue weighted by molar-refractivity contribution is 0.0727. The SMILES string of the molecule is C=CCCOc1ccc(OCC2CCC(c3ccc(C4CCC(C(O)CCC)CC4)c(F)c3F)CC2)c(F)c1. The molecule has 39 heavy (non-hydrogen) atoms. The molecule has 0 spiro atoms. The molecule has 0 radical (unpaired) electrons. The first-order valence-corrected chi connectivity index (χ1v) is 14.7. The molecule has 0 amide bonds. The third kappa shape index (κ3) is 7.59. The van der Waals surface area contributed by atoms with E-state index < -0.39 is 17.5 Å². The highest BCUT2D eigenvalue weighted by molar-refractivity contribution is 5.34. The van der Waals surface area contributed by atoms with Gasteiger partial charge < -0.3 is 14.6 Å². The summed E-state index contributed by atoms with van der Waals surface area (Å²) in [6.07, 6.45) is 10.4. The van der Waals surface area contributed by atoms with Crippen molar-refractivity contribution in [3.8, 4) is 11.5 Å². The number of benzene rings is 2. The van der Waals surface area contributed by atoms with Crippen molar-refractivity contribution in [2.24, 2.45) is 11.8 Å². The van der Waals surface area contributed by atoms with Gasteiger partial charge >= 0.3 is 0 Å². The molecule has 2 aromatic carbocycles. The third-order valence-electron chi connectivity index (χ3n) is 8.74. The Morgan fingerprint density at radius 2 is 1.51 bits per heavy atom. The standard InChI is InChI=1S/C33H43F3O3/c1-3-5-19-38-26-15-18-31(29(34)20-26)39-21-22-7-9-23(10-8-22)27-16-17-28(33(36)32(27)35)24-11-13-25(14-12-24)30(37)6-4-2/h3,15-18,20,22-25,30,37H,1,4-14,19,21H2,2H3. The molecule has 0 bridgehead atoms. The maximum Gasteiger partial charge on any atom is 0.168 e. The molecule has 2 aliphatic rings. The number of ether oxygens (including phenoxy) is 2. The number of aliphatic hydroxyl groups is 1. The molecular weight excluding hydrogens is 501 g/mol. The van der Waals surface area contributed by atoms with Crippen molar-refractivity contribution in [1.29, 1.82) is 0 Å². The second kappa shape index (κ2) is 14.2. The van der Waals surface area contributed by atoms with Gasteiger partial charge in [0.25, 0.3) is 0 Å². The summed E-state index contributed by atoms with van der Waals surface area (Å²) in [5.41, 5.74) is 0.960. The number of halogens is 3. The second-order valence-corrected chi connectivity index (χ2v) is 11.4. The van der Waals surface area contributed by atoms with E-state index in [-0.39, 0.29) is 35.5 Å². The Balaban J connectivity index is 1.27. The molecule has 0 heterocycles. The zero-order valence-corrected chi connectivity index (χ0v) is 23.1.